The maximum absolute atomic E-state index is 7.42. The highest BCUT2D eigenvalue weighted by molar-refractivity contribution is 7.73. The van der Waals surface area contributed by atoms with Gasteiger partial charge in [-0.15, -0.1) is 0 Å². The van der Waals surface area contributed by atoms with Gasteiger partial charge in [-0.05, 0) is 62.7 Å². The van der Waals surface area contributed by atoms with Crippen LogP contribution in [0.4, 0.5) is 0 Å². The van der Waals surface area contributed by atoms with Crippen molar-refractivity contribution in [3.8, 4) is 0 Å². The van der Waals surface area contributed by atoms with E-state index >= 15 is 0 Å². The Morgan fingerprint density at radius 2 is 0.773 bits per heavy atom. The predicted molar refractivity (Wildman–Crippen MR) is 183 cm³/mol. The molecule has 4 atom stereocenters. The first-order valence-corrected chi connectivity index (χ1v) is 19.2. The summed E-state index contributed by atoms with van der Waals surface area (Å²) in [6.45, 7) is 1.36. The number of hydrogen-bond acceptors (Lipinski definition) is 4. The molecule has 3 heterocycles. The molecule has 0 amide bonds. The van der Waals surface area contributed by atoms with E-state index in [4.69, 9.17) is 18.9 Å². The summed E-state index contributed by atoms with van der Waals surface area (Å²) in [5, 5.41) is 5.43. The zero-order valence-electron chi connectivity index (χ0n) is 25.3. The van der Waals surface area contributed by atoms with Crippen LogP contribution in [0.3, 0.4) is 0 Å². The fourth-order valence-corrected chi connectivity index (χ4v) is 11.9. The van der Waals surface area contributed by atoms with Gasteiger partial charge in [-0.3, -0.25) is 0 Å². The largest absolute Gasteiger partial charge is 0.345 e. The summed E-state index contributed by atoms with van der Waals surface area (Å²) in [6, 6.07) is 43.9. The molecular formula is C38H42O4P2. The Hall–Kier alpha value is -2.42. The van der Waals surface area contributed by atoms with Crippen molar-refractivity contribution in [1.29, 1.82) is 0 Å². The number of benzene rings is 4. The van der Waals surface area contributed by atoms with E-state index < -0.39 is 27.4 Å². The molecular weight excluding hydrogens is 582 g/mol. The Balaban J connectivity index is 1.30. The van der Waals surface area contributed by atoms with Gasteiger partial charge in [0.1, 0.15) is 0 Å². The normalized spacial score (nSPS) is 27.2. The van der Waals surface area contributed by atoms with Crippen LogP contribution in [0.1, 0.15) is 38.5 Å². The highest BCUT2D eigenvalue weighted by Crippen LogP contribution is 2.52. The zero-order valence-corrected chi connectivity index (χ0v) is 27.1. The summed E-state index contributed by atoms with van der Waals surface area (Å²) < 4.78 is 28.2. The van der Waals surface area contributed by atoms with Gasteiger partial charge in [0.2, 0.25) is 11.6 Å². The van der Waals surface area contributed by atoms with E-state index in [2.05, 4.69) is 121 Å². The van der Waals surface area contributed by atoms with Crippen molar-refractivity contribution in [3.05, 3.63) is 121 Å². The third-order valence-corrected chi connectivity index (χ3v) is 14.3. The van der Waals surface area contributed by atoms with Gasteiger partial charge in [0, 0.05) is 25.2 Å². The molecule has 4 aromatic carbocycles. The zero-order chi connectivity index (χ0) is 29.7. The van der Waals surface area contributed by atoms with Crippen molar-refractivity contribution < 1.29 is 18.9 Å². The number of rotatable bonds is 8. The highest BCUT2D eigenvalue weighted by atomic mass is 31.1. The summed E-state index contributed by atoms with van der Waals surface area (Å²) in [4.78, 5) is 0. The fourth-order valence-electron chi connectivity index (χ4n) is 6.97. The topological polar surface area (TPSA) is 36.9 Å². The van der Waals surface area contributed by atoms with Crippen LogP contribution in [0.15, 0.2) is 121 Å². The molecule has 0 aliphatic carbocycles. The van der Waals surface area contributed by atoms with Crippen LogP contribution in [-0.2, 0) is 18.9 Å². The standard InChI is InChI=1S/C38H42O4P2/c1-5-17-31(18-6-1)43(32-19-7-2-8-20-32)29-35-36(30-44(33-21-9-3-10-22-33)34-23-11-4-12-24-34)42-38(26-14-16-28-40-38)37(41-35)25-13-15-27-39-37/h1-12,17-24,35-36H,13-16,25-30H2/t35-,36-,37+,38+/m0/s1. The maximum Gasteiger partial charge on any atom is 0.224 e. The monoisotopic (exact) mass is 624 g/mol. The van der Waals surface area contributed by atoms with E-state index in [1.54, 1.807) is 0 Å². The molecule has 0 saturated carbocycles. The van der Waals surface area contributed by atoms with Gasteiger partial charge < -0.3 is 18.9 Å². The molecule has 3 aliphatic heterocycles. The molecule has 228 valence electrons. The van der Waals surface area contributed by atoms with Gasteiger partial charge in [0.25, 0.3) is 0 Å². The first-order chi connectivity index (χ1) is 21.8. The third kappa shape index (κ3) is 6.32. The molecule has 3 aliphatic rings. The summed E-state index contributed by atoms with van der Waals surface area (Å²) in [5.74, 6) is -1.74. The second kappa shape index (κ2) is 13.9. The molecule has 6 heteroatoms. The minimum Gasteiger partial charge on any atom is -0.345 e. The number of ether oxygens (including phenoxy) is 4. The van der Waals surface area contributed by atoms with Crippen LogP contribution in [-0.4, -0.2) is 49.3 Å². The first-order valence-electron chi connectivity index (χ1n) is 16.1. The van der Waals surface area contributed by atoms with E-state index in [0.717, 1.165) is 50.8 Å². The molecule has 0 bridgehead atoms. The number of fused-ring (bicyclic) bond motifs is 1. The molecule has 7 rings (SSSR count). The third-order valence-electron chi connectivity index (χ3n) is 9.15. The molecule has 2 spiro atoms. The van der Waals surface area contributed by atoms with Gasteiger partial charge in [0.15, 0.2) is 0 Å². The van der Waals surface area contributed by atoms with Crippen molar-refractivity contribution >= 4 is 37.1 Å². The Labute approximate surface area is 264 Å². The molecule has 44 heavy (non-hydrogen) atoms. The van der Waals surface area contributed by atoms with Gasteiger partial charge in [-0.2, -0.15) is 0 Å². The van der Waals surface area contributed by atoms with Crippen molar-refractivity contribution in [1.82, 2.24) is 0 Å². The Morgan fingerprint density at radius 3 is 1.05 bits per heavy atom. The van der Waals surface area contributed by atoms with Crippen LogP contribution in [0, 0.1) is 0 Å². The second-order valence-corrected chi connectivity index (χ2v) is 16.5. The first kappa shape index (κ1) is 30.2. The number of hydrogen-bond donors (Lipinski definition) is 0. The lowest BCUT2D eigenvalue weighted by molar-refractivity contribution is -0.476. The average molecular weight is 625 g/mol. The summed E-state index contributed by atoms with van der Waals surface area (Å²) in [7, 11) is -1.39. The van der Waals surface area contributed by atoms with Crippen molar-refractivity contribution in [2.45, 2.75) is 62.3 Å². The summed E-state index contributed by atoms with van der Waals surface area (Å²) >= 11 is 0. The van der Waals surface area contributed by atoms with Crippen LogP contribution in [0.2, 0.25) is 0 Å². The van der Waals surface area contributed by atoms with Crippen molar-refractivity contribution in [2.75, 3.05) is 25.5 Å². The van der Waals surface area contributed by atoms with E-state index in [1.165, 1.54) is 21.2 Å². The highest BCUT2D eigenvalue weighted by Gasteiger charge is 2.63. The molecule has 3 fully saturated rings. The maximum atomic E-state index is 7.42. The lowest BCUT2D eigenvalue weighted by Gasteiger charge is -2.58. The lowest BCUT2D eigenvalue weighted by Crippen LogP contribution is -2.70. The smallest absolute Gasteiger partial charge is 0.224 e. The van der Waals surface area contributed by atoms with Gasteiger partial charge in [0.05, 0.1) is 25.4 Å². The fraction of sp³-hybridized carbons (Fsp3) is 0.368. The van der Waals surface area contributed by atoms with Gasteiger partial charge in [-0.25, -0.2) is 0 Å². The molecule has 0 unspecified atom stereocenters. The van der Waals surface area contributed by atoms with E-state index in [-0.39, 0.29) is 12.2 Å². The van der Waals surface area contributed by atoms with E-state index in [0.29, 0.717) is 13.2 Å². The van der Waals surface area contributed by atoms with Gasteiger partial charge >= 0.3 is 0 Å². The van der Waals surface area contributed by atoms with E-state index in [9.17, 15) is 0 Å². The quantitative estimate of drug-likeness (QED) is 0.202. The predicted octanol–water partition coefficient (Wildman–Crippen LogP) is 6.83. The van der Waals surface area contributed by atoms with Crippen molar-refractivity contribution in [3.63, 3.8) is 0 Å². The SMILES string of the molecule is c1ccc(P(C[C@@H]2O[C@]3(CCCCO3)[C@@]3(CCCCO3)O[C@H]2CP(c2ccccc2)c2ccccc2)c2ccccc2)cc1. The molecule has 0 radical (unpaired) electrons. The second-order valence-electron chi connectivity index (χ2n) is 12.0. The minimum absolute atomic E-state index is 0.145. The summed E-state index contributed by atoms with van der Waals surface area (Å²) in [6.07, 6.45) is 7.24. The van der Waals surface area contributed by atoms with Crippen LogP contribution in [0.5, 0.6) is 0 Å². The van der Waals surface area contributed by atoms with Crippen LogP contribution in [0.25, 0.3) is 0 Å². The van der Waals surface area contributed by atoms with Crippen molar-refractivity contribution in [2.24, 2.45) is 0 Å². The Bertz CT molecular complexity index is 1250. The molecule has 4 nitrogen and oxygen atoms in total. The Kier molecular flexibility index (Phi) is 9.57. The van der Waals surface area contributed by atoms with Crippen LogP contribution >= 0.6 is 15.8 Å². The average Bonchev–Trinajstić information content (AvgIpc) is 3.10. The Morgan fingerprint density at radius 1 is 0.455 bits per heavy atom. The van der Waals surface area contributed by atoms with Crippen LogP contribution < -0.4 is 21.2 Å². The molecule has 0 N–H and O–H groups in total. The molecule has 4 aromatic rings. The molecule has 3 saturated heterocycles. The summed E-state index contributed by atoms with van der Waals surface area (Å²) in [5.41, 5.74) is 0. The minimum atomic E-state index is -0.872. The van der Waals surface area contributed by atoms with Gasteiger partial charge in [-0.1, -0.05) is 121 Å². The molecule has 0 aromatic heterocycles. The van der Waals surface area contributed by atoms with E-state index in [1.807, 2.05) is 0 Å². The lowest BCUT2D eigenvalue weighted by atomic mass is 9.88.